The Morgan fingerprint density at radius 2 is 1.72 bits per heavy atom. The van der Waals surface area contributed by atoms with E-state index < -0.39 is 35.3 Å². The maximum absolute atomic E-state index is 12.7. The van der Waals surface area contributed by atoms with Gasteiger partial charge in [0.05, 0.1) is 5.92 Å². The Morgan fingerprint density at radius 3 is 2.24 bits per heavy atom. The molecule has 1 fully saturated rings. The number of ketones is 1. The first kappa shape index (κ1) is 18.8. The summed E-state index contributed by atoms with van der Waals surface area (Å²) in [5.41, 5.74) is -0.167. The Hall–Kier alpha value is -2.50. The van der Waals surface area contributed by atoms with Crippen LogP contribution < -0.4 is 0 Å². The summed E-state index contributed by atoms with van der Waals surface area (Å²) in [5.74, 6) is -2.26. The van der Waals surface area contributed by atoms with Crippen molar-refractivity contribution < 1.29 is 23.9 Å². The van der Waals surface area contributed by atoms with Crippen LogP contribution in [0.15, 0.2) is 30.3 Å². The van der Waals surface area contributed by atoms with Crippen molar-refractivity contribution in [1.82, 2.24) is 4.90 Å². The lowest BCUT2D eigenvalue weighted by molar-refractivity contribution is -0.163. The summed E-state index contributed by atoms with van der Waals surface area (Å²) in [6, 6.07) is 7.67. The van der Waals surface area contributed by atoms with E-state index in [4.69, 9.17) is 4.74 Å². The van der Waals surface area contributed by atoms with Gasteiger partial charge in [-0.3, -0.25) is 24.1 Å². The third kappa shape index (κ3) is 4.32. The zero-order chi connectivity index (χ0) is 18.8. The Balaban J connectivity index is 2.11. The molecule has 1 heterocycles. The molecule has 1 aromatic carbocycles. The van der Waals surface area contributed by atoms with E-state index in [1.54, 1.807) is 51.1 Å². The highest BCUT2D eigenvalue weighted by Gasteiger charge is 2.53. The van der Waals surface area contributed by atoms with Crippen molar-refractivity contribution in [3.63, 3.8) is 0 Å². The van der Waals surface area contributed by atoms with E-state index in [1.165, 1.54) is 6.92 Å². The minimum atomic E-state index is -0.852. The second-order valence-electron chi connectivity index (χ2n) is 7.13. The molecule has 0 aromatic heterocycles. The van der Waals surface area contributed by atoms with Crippen molar-refractivity contribution in [2.45, 2.75) is 52.2 Å². The fourth-order valence-corrected chi connectivity index (χ4v) is 2.92. The third-order valence-electron chi connectivity index (χ3n) is 3.96. The number of nitrogens with zero attached hydrogens (tertiary/aromatic N) is 1. The van der Waals surface area contributed by atoms with E-state index >= 15 is 0 Å². The second-order valence-corrected chi connectivity index (χ2v) is 7.13. The molecule has 1 aliphatic rings. The summed E-state index contributed by atoms with van der Waals surface area (Å²) in [7, 11) is 0. The zero-order valence-corrected chi connectivity index (χ0v) is 14.9. The number of carbonyl (C=O) groups is 4. The highest BCUT2D eigenvalue weighted by atomic mass is 16.6. The van der Waals surface area contributed by atoms with Crippen molar-refractivity contribution in [2.24, 2.45) is 5.92 Å². The second kappa shape index (κ2) is 7.17. The molecule has 0 aliphatic carbocycles. The van der Waals surface area contributed by atoms with Crippen LogP contribution in [0.4, 0.5) is 0 Å². The maximum Gasteiger partial charge on any atom is 0.306 e. The number of Topliss-reactive ketones (excluding diaryl/α,β-unsaturated/α-hetero) is 1. The van der Waals surface area contributed by atoms with Crippen molar-refractivity contribution in [3.8, 4) is 0 Å². The number of amides is 2. The SMILES string of the molecule is CC(=O)N1C(=O)[C@H](CCC(=O)OC(C)(C)C)[C@H]1C(=O)c1ccccc1. The standard InChI is InChI=1S/C19H23NO5/c1-12(21)20-16(17(23)13-8-6-5-7-9-13)14(18(20)24)10-11-15(22)25-19(2,3)4/h5-9,14,16H,10-11H2,1-4H3/t14-,16+/m1/s1. The molecule has 0 saturated carbocycles. The molecule has 6 nitrogen and oxygen atoms in total. The molecule has 2 amide bonds. The summed E-state index contributed by atoms with van der Waals surface area (Å²) in [5, 5.41) is 0. The van der Waals surface area contributed by atoms with Crippen LogP contribution in [0.25, 0.3) is 0 Å². The van der Waals surface area contributed by atoms with Gasteiger partial charge in [0, 0.05) is 18.9 Å². The fraction of sp³-hybridized carbons (Fsp3) is 0.474. The lowest BCUT2D eigenvalue weighted by Gasteiger charge is -2.44. The fourth-order valence-electron chi connectivity index (χ4n) is 2.92. The quantitative estimate of drug-likeness (QED) is 0.465. The summed E-state index contributed by atoms with van der Waals surface area (Å²) >= 11 is 0. The number of likely N-dealkylation sites (tertiary alicyclic amines) is 1. The van der Waals surface area contributed by atoms with Crippen LogP contribution in [0, 0.1) is 5.92 Å². The Bertz CT molecular complexity index is 690. The maximum atomic E-state index is 12.7. The lowest BCUT2D eigenvalue weighted by Crippen LogP contribution is -2.65. The third-order valence-corrected chi connectivity index (χ3v) is 3.96. The van der Waals surface area contributed by atoms with E-state index in [9.17, 15) is 19.2 Å². The van der Waals surface area contributed by atoms with Gasteiger partial charge >= 0.3 is 5.97 Å². The Kier molecular flexibility index (Phi) is 5.40. The number of hydrogen-bond donors (Lipinski definition) is 0. The number of hydrogen-bond acceptors (Lipinski definition) is 5. The number of esters is 1. The Labute approximate surface area is 147 Å². The number of benzene rings is 1. The highest BCUT2D eigenvalue weighted by molar-refractivity contribution is 6.14. The molecule has 0 spiro atoms. The van der Waals surface area contributed by atoms with Crippen LogP contribution in [0.5, 0.6) is 0 Å². The van der Waals surface area contributed by atoms with Gasteiger partial charge in [-0.2, -0.15) is 0 Å². The molecular weight excluding hydrogens is 322 g/mol. The summed E-state index contributed by atoms with van der Waals surface area (Å²) < 4.78 is 5.23. The average molecular weight is 345 g/mol. The predicted octanol–water partition coefficient (Wildman–Crippen LogP) is 2.36. The van der Waals surface area contributed by atoms with Gasteiger partial charge in [0.1, 0.15) is 11.6 Å². The van der Waals surface area contributed by atoms with Crippen LogP contribution >= 0.6 is 0 Å². The van der Waals surface area contributed by atoms with Crippen LogP contribution in [0.2, 0.25) is 0 Å². The van der Waals surface area contributed by atoms with E-state index in [2.05, 4.69) is 0 Å². The molecule has 134 valence electrons. The van der Waals surface area contributed by atoms with Gasteiger partial charge in [0.25, 0.3) is 0 Å². The lowest BCUT2D eigenvalue weighted by atomic mass is 9.79. The van der Waals surface area contributed by atoms with Gasteiger partial charge in [-0.25, -0.2) is 0 Å². The molecule has 1 aliphatic heterocycles. The van der Waals surface area contributed by atoms with Gasteiger partial charge in [-0.05, 0) is 27.2 Å². The smallest absolute Gasteiger partial charge is 0.306 e. The molecule has 6 heteroatoms. The molecule has 0 bridgehead atoms. The number of ether oxygens (including phenoxy) is 1. The topological polar surface area (TPSA) is 80.8 Å². The van der Waals surface area contributed by atoms with Gasteiger partial charge in [-0.1, -0.05) is 30.3 Å². The molecule has 2 rings (SSSR count). The summed E-state index contributed by atoms with van der Waals surface area (Å²) in [4.78, 5) is 49.5. The minimum absolute atomic E-state index is 0.0258. The number of imide groups is 1. The van der Waals surface area contributed by atoms with Gasteiger partial charge in [-0.15, -0.1) is 0 Å². The normalized spacial score (nSPS) is 20.0. The molecule has 0 unspecified atom stereocenters. The van der Waals surface area contributed by atoms with E-state index in [0.717, 1.165) is 4.90 Å². The predicted molar refractivity (Wildman–Crippen MR) is 90.7 cm³/mol. The zero-order valence-electron chi connectivity index (χ0n) is 14.9. The Morgan fingerprint density at radius 1 is 1.12 bits per heavy atom. The van der Waals surface area contributed by atoms with Crippen molar-refractivity contribution in [2.75, 3.05) is 0 Å². The van der Waals surface area contributed by atoms with Crippen LogP contribution in [-0.4, -0.2) is 40.1 Å². The van der Waals surface area contributed by atoms with Crippen molar-refractivity contribution >= 4 is 23.6 Å². The summed E-state index contributed by atoms with van der Waals surface area (Å²) in [6.07, 6.45) is 0.207. The first-order valence-electron chi connectivity index (χ1n) is 8.26. The summed E-state index contributed by atoms with van der Waals surface area (Å²) in [6.45, 7) is 6.54. The van der Waals surface area contributed by atoms with Gasteiger partial charge in [0.2, 0.25) is 11.8 Å². The van der Waals surface area contributed by atoms with Gasteiger partial charge < -0.3 is 4.74 Å². The largest absolute Gasteiger partial charge is 0.460 e. The van der Waals surface area contributed by atoms with Crippen LogP contribution in [0.1, 0.15) is 50.9 Å². The van der Waals surface area contributed by atoms with Crippen LogP contribution in [0.3, 0.4) is 0 Å². The first-order valence-corrected chi connectivity index (χ1v) is 8.26. The molecular formula is C19H23NO5. The van der Waals surface area contributed by atoms with E-state index in [-0.39, 0.29) is 18.6 Å². The van der Waals surface area contributed by atoms with Crippen LogP contribution in [-0.2, 0) is 19.1 Å². The monoisotopic (exact) mass is 345 g/mol. The first-order chi connectivity index (χ1) is 11.6. The van der Waals surface area contributed by atoms with Crippen molar-refractivity contribution in [3.05, 3.63) is 35.9 Å². The number of rotatable bonds is 5. The minimum Gasteiger partial charge on any atom is -0.460 e. The highest BCUT2D eigenvalue weighted by Crippen LogP contribution is 2.33. The number of β-lactam (4-membered cyclic amide) rings is 1. The van der Waals surface area contributed by atoms with Crippen molar-refractivity contribution in [1.29, 1.82) is 0 Å². The number of carbonyl (C=O) groups excluding carboxylic acids is 4. The molecule has 0 N–H and O–H groups in total. The molecule has 0 radical (unpaired) electrons. The van der Waals surface area contributed by atoms with E-state index in [0.29, 0.717) is 5.56 Å². The molecule has 1 aromatic rings. The molecule has 2 atom stereocenters. The molecule has 25 heavy (non-hydrogen) atoms. The van der Waals surface area contributed by atoms with E-state index in [1.807, 2.05) is 0 Å². The molecule has 1 saturated heterocycles. The average Bonchev–Trinajstić information content (AvgIpc) is 2.50. The van der Waals surface area contributed by atoms with Gasteiger partial charge in [0.15, 0.2) is 5.78 Å².